The third-order valence-corrected chi connectivity index (χ3v) is 2.82. The number of fused-ring (bicyclic) bond motifs is 1. The van der Waals surface area contributed by atoms with E-state index in [1.54, 1.807) is 5.38 Å². The summed E-state index contributed by atoms with van der Waals surface area (Å²) in [6.07, 6.45) is 0. The number of hydrogen-bond donors (Lipinski definition) is 0. The van der Waals surface area contributed by atoms with Crippen molar-refractivity contribution in [2.75, 3.05) is 0 Å². The molecule has 0 aliphatic heterocycles. The lowest BCUT2D eigenvalue weighted by Gasteiger charge is -1.95. The molecule has 0 spiro atoms. The van der Waals surface area contributed by atoms with Crippen LogP contribution in [0.4, 0.5) is 4.39 Å². The van der Waals surface area contributed by atoms with Crippen molar-refractivity contribution in [1.82, 2.24) is 0 Å². The second kappa shape index (κ2) is 2.82. The van der Waals surface area contributed by atoms with Gasteiger partial charge >= 0.3 is 0 Å². The zero-order valence-corrected chi connectivity index (χ0v) is 7.78. The van der Waals surface area contributed by atoms with Gasteiger partial charge in [-0.3, -0.25) is 0 Å². The molecular weight excluding hydrogens is 185 g/mol. The summed E-state index contributed by atoms with van der Waals surface area (Å²) in [5.41, 5.74) is 1.31. The average molecular weight is 191 g/mol. The van der Waals surface area contributed by atoms with Crippen LogP contribution in [0.15, 0.2) is 17.5 Å². The molecule has 64 valence electrons. The van der Waals surface area contributed by atoms with E-state index in [-0.39, 0.29) is 5.82 Å². The average Bonchev–Trinajstić information content (AvgIpc) is 2.47. The largest absolute Gasteiger partial charge is 0.206 e. The van der Waals surface area contributed by atoms with Crippen LogP contribution in [0.25, 0.3) is 10.1 Å². The molecule has 3 heteroatoms. The molecule has 0 N–H and O–H groups in total. The van der Waals surface area contributed by atoms with Crippen molar-refractivity contribution in [2.24, 2.45) is 0 Å². The van der Waals surface area contributed by atoms with Crippen LogP contribution in [0, 0.1) is 24.1 Å². The molecule has 0 atom stereocenters. The van der Waals surface area contributed by atoms with E-state index in [2.05, 4.69) is 0 Å². The van der Waals surface area contributed by atoms with Gasteiger partial charge in [-0.25, -0.2) is 4.39 Å². The van der Waals surface area contributed by atoms with Crippen molar-refractivity contribution in [2.45, 2.75) is 6.92 Å². The summed E-state index contributed by atoms with van der Waals surface area (Å²) in [5.74, 6) is -0.298. The minimum absolute atomic E-state index is 0.298. The Balaban J connectivity index is 2.92. The van der Waals surface area contributed by atoms with Crippen molar-refractivity contribution < 1.29 is 4.39 Å². The summed E-state index contributed by atoms with van der Waals surface area (Å²) in [7, 11) is 0. The normalized spacial score (nSPS) is 10.2. The van der Waals surface area contributed by atoms with Crippen molar-refractivity contribution in [1.29, 1.82) is 5.26 Å². The summed E-state index contributed by atoms with van der Waals surface area (Å²) in [4.78, 5) is 0. The van der Waals surface area contributed by atoms with Crippen LogP contribution >= 0.6 is 11.3 Å². The third-order valence-electron chi connectivity index (χ3n) is 1.89. The van der Waals surface area contributed by atoms with Crippen LogP contribution in [0.1, 0.15) is 11.1 Å². The van der Waals surface area contributed by atoms with Crippen LogP contribution in [-0.4, -0.2) is 0 Å². The number of hydrogen-bond acceptors (Lipinski definition) is 2. The van der Waals surface area contributed by atoms with Crippen LogP contribution in [0.3, 0.4) is 0 Å². The topological polar surface area (TPSA) is 23.8 Å². The minimum atomic E-state index is -0.298. The zero-order chi connectivity index (χ0) is 9.42. The van der Waals surface area contributed by atoms with Gasteiger partial charge in [-0.1, -0.05) is 0 Å². The maximum Gasteiger partial charge on any atom is 0.133 e. The molecule has 0 amide bonds. The van der Waals surface area contributed by atoms with E-state index in [9.17, 15) is 4.39 Å². The predicted octanol–water partition coefficient (Wildman–Crippen LogP) is 3.22. The fourth-order valence-electron chi connectivity index (χ4n) is 1.33. The lowest BCUT2D eigenvalue weighted by atomic mass is 10.1. The van der Waals surface area contributed by atoms with Gasteiger partial charge in [0.05, 0.1) is 5.56 Å². The lowest BCUT2D eigenvalue weighted by molar-refractivity contribution is 0.639. The summed E-state index contributed by atoms with van der Waals surface area (Å²) in [6.45, 7) is 1.84. The summed E-state index contributed by atoms with van der Waals surface area (Å²) >= 11 is 1.40. The maximum atomic E-state index is 13.4. The Morgan fingerprint density at radius 3 is 2.92 bits per heavy atom. The van der Waals surface area contributed by atoms with E-state index in [4.69, 9.17) is 5.26 Å². The van der Waals surface area contributed by atoms with Gasteiger partial charge in [0, 0.05) is 15.5 Å². The monoisotopic (exact) mass is 191 g/mol. The highest BCUT2D eigenvalue weighted by Gasteiger charge is 2.08. The molecule has 0 aliphatic rings. The first-order valence-electron chi connectivity index (χ1n) is 3.80. The fraction of sp³-hybridized carbons (Fsp3) is 0.100. The number of rotatable bonds is 0. The second-order valence-electron chi connectivity index (χ2n) is 2.88. The van der Waals surface area contributed by atoms with Crippen molar-refractivity contribution in [3.05, 3.63) is 34.5 Å². The van der Waals surface area contributed by atoms with Gasteiger partial charge in [0.25, 0.3) is 0 Å². The Bertz CT molecular complexity index is 507. The predicted molar refractivity (Wildman–Crippen MR) is 51.2 cm³/mol. The number of thiophene rings is 1. The van der Waals surface area contributed by atoms with E-state index in [0.29, 0.717) is 10.9 Å². The Hall–Kier alpha value is -1.40. The Kier molecular flexibility index (Phi) is 1.78. The number of benzene rings is 1. The van der Waals surface area contributed by atoms with Gasteiger partial charge in [0.15, 0.2) is 0 Å². The molecule has 0 unspecified atom stereocenters. The molecule has 0 saturated heterocycles. The van der Waals surface area contributed by atoms with Gasteiger partial charge in [0.2, 0.25) is 0 Å². The quantitative estimate of drug-likeness (QED) is 0.627. The van der Waals surface area contributed by atoms with Crippen LogP contribution in [-0.2, 0) is 0 Å². The van der Waals surface area contributed by atoms with E-state index in [1.165, 1.54) is 17.4 Å². The first-order chi connectivity index (χ1) is 6.22. The first kappa shape index (κ1) is 8.21. The van der Waals surface area contributed by atoms with Gasteiger partial charge in [-0.15, -0.1) is 11.3 Å². The number of aryl methyl sites for hydroxylation is 1. The van der Waals surface area contributed by atoms with Crippen molar-refractivity contribution >= 4 is 21.4 Å². The molecular formula is C10H6FNS. The van der Waals surface area contributed by atoms with E-state index in [0.717, 1.165) is 10.3 Å². The Morgan fingerprint density at radius 1 is 1.46 bits per heavy atom. The molecule has 1 aromatic heterocycles. The molecule has 0 bridgehead atoms. The number of halogens is 1. The van der Waals surface area contributed by atoms with Gasteiger partial charge < -0.3 is 0 Å². The summed E-state index contributed by atoms with van der Waals surface area (Å²) in [5, 5.41) is 10.9. The smallest absolute Gasteiger partial charge is 0.133 e. The standard InChI is InChI=1S/C10H6FNS/c1-6-2-8(11)10-7(4-12)5-13-9(10)3-6/h2-3,5H,1H3. The highest BCUT2D eigenvalue weighted by molar-refractivity contribution is 7.17. The molecule has 2 rings (SSSR count). The van der Waals surface area contributed by atoms with Gasteiger partial charge in [-0.05, 0) is 24.6 Å². The van der Waals surface area contributed by atoms with E-state index < -0.39 is 0 Å². The molecule has 1 heterocycles. The Morgan fingerprint density at radius 2 is 2.23 bits per heavy atom. The molecule has 0 saturated carbocycles. The van der Waals surface area contributed by atoms with E-state index >= 15 is 0 Å². The third kappa shape index (κ3) is 1.20. The minimum Gasteiger partial charge on any atom is -0.206 e. The van der Waals surface area contributed by atoms with Gasteiger partial charge in [-0.2, -0.15) is 5.26 Å². The van der Waals surface area contributed by atoms with Crippen molar-refractivity contribution in [3.8, 4) is 6.07 Å². The molecule has 1 nitrogen and oxygen atoms in total. The van der Waals surface area contributed by atoms with E-state index in [1.807, 2.05) is 19.1 Å². The lowest BCUT2D eigenvalue weighted by Crippen LogP contribution is -1.80. The second-order valence-corrected chi connectivity index (χ2v) is 3.79. The molecule has 0 radical (unpaired) electrons. The van der Waals surface area contributed by atoms with Crippen molar-refractivity contribution in [3.63, 3.8) is 0 Å². The Labute approximate surface area is 79.0 Å². The van der Waals surface area contributed by atoms with Crippen LogP contribution in [0.2, 0.25) is 0 Å². The summed E-state index contributed by atoms with van der Waals surface area (Å²) in [6, 6.07) is 5.33. The highest BCUT2D eigenvalue weighted by atomic mass is 32.1. The fourth-order valence-corrected chi connectivity index (χ4v) is 2.32. The van der Waals surface area contributed by atoms with Crippen LogP contribution < -0.4 is 0 Å². The maximum absolute atomic E-state index is 13.4. The number of nitriles is 1. The summed E-state index contributed by atoms with van der Waals surface area (Å²) < 4.78 is 14.2. The molecule has 0 fully saturated rings. The number of nitrogens with zero attached hydrogens (tertiary/aromatic N) is 1. The van der Waals surface area contributed by atoms with Gasteiger partial charge in [0.1, 0.15) is 11.9 Å². The molecule has 2 aromatic rings. The SMILES string of the molecule is Cc1cc(F)c2c(C#N)csc2c1. The zero-order valence-electron chi connectivity index (χ0n) is 6.97. The molecule has 1 aromatic carbocycles. The highest BCUT2D eigenvalue weighted by Crippen LogP contribution is 2.28. The van der Waals surface area contributed by atoms with Crippen LogP contribution in [0.5, 0.6) is 0 Å². The first-order valence-corrected chi connectivity index (χ1v) is 4.68. The molecule has 13 heavy (non-hydrogen) atoms. The molecule has 0 aliphatic carbocycles.